The van der Waals surface area contributed by atoms with Gasteiger partial charge in [-0.15, -0.1) is 0 Å². The van der Waals surface area contributed by atoms with Gasteiger partial charge in [0.25, 0.3) is 0 Å². The Morgan fingerprint density at radius 3 is 1.05 bits per heavy atom. The van der Waals surface area contributed by atoms with Crippen molar-refractivity contribution in [2.75, 3.05) is 27.7 Å². The van der Waals surface area contributed by atoms with Crippen molar-refractivity contribution in [3.05, 3.63) is 7.43 Å². The number of hydrogen-bond donors (Lipinski definition) is 0. The molecule has 0 saturated heterocycles. The van der Waals surface area contributed by atoms with Crippen molar-refractivity contribution in [3.63, 3.8) is 0 Å². The molecule has 0 unspecified atom stereocenters. The first-order chi connectivity index (χ1) is 9.56. The van der Waals surface area contributed by atoms with Crippen molar-refractivity contribution in [3.8, 4) is 0 Å². The molecule has 0 radical (unpaired) electrons. The molecule has 0 aliphatic carbocycles. The molecule has 0 fully saturated rings. The summed E-state index contributed by atoms with van der Waals surface area (Å²) in [4.78, 5) is 0. The molecular formula is C20H45N. The molecule has 0 aromatic rings. The molecule has 0 saturated carbocycles. The van der Waals surface area contributed by atoms with Crippen LogP contribution in [0.15, 0.2) is 0 Å². The maximum atomic E-state index is 2.29. The van der Waals surface area contributed by atoms with Crippen molar-refractivity contribution in [1.29, 1.82) is 0 Å². The van der Waals surface area contributed by atoms with E-state index in [4.69, 9.17) is 0 Å². The van der Waals surface area contributed by atoms with Crippen LogP contribution >= 0.6 is 0 Å². The first-order valence-corrected chi connectivity index (χ1v) is 9.36. The van der Waals surface area contributed by atoms with E-state index in [0.29, 0.717) is 0 Å². The van der Waals surface area contributed by atoms with Crippen LogP contribution in [-0.4, -0.2) is 32.2 Å². The SMILES string of the molecule is CCCCCCCCCCCCCCCC[N+](C)(C)C.[CH3-]. The minimum Gasteiger partial charge on any atom is -0.358 e. The molecule has 0 heterocycles. The van der Waals surface area contributed by atoms with E-state index in [-0.39, 0.29) is 7.43 Å². The predicted molar refractivity (Wildman–Crippen MR) is 99.6 cm³/mol. The van der Waals surface area contributed by atoms with Crippen LogP contribution in [0.3, 0.4) is 0 Å². The smallest absolute Gasteiger partial charge is 0.0780 e. The van der Waals surface area contributed by atoms with Gasteiger partial charge in [-0.1, -0.05) is 84.0 Å². The lowest BCUT2D eigenvalue weighted by Gasteiger charge is -2.23. The minimum atomic E-state index is 0. The summed E-state index contributed by atoms with van der Waals surface area (Å²) in [5.74, 6) is 0. The van der Waals surface area contributed by atoms with Crippen LogP contribution in [-0.2, 0) is 0 Å². The first kappa shape index (κ1) is 23.2. The van der Waals surface area contributed by atoms with Gasteiger partial charge in [0, 0.05) is 0 Å². The molecule has 0 N–H and O–H groups in total. The van der Waals surface area contributed by atoms with Crippen LogP contribution < -0.4 is 0 Å². The second-order valence-corrected chi connectivity index (χ2v) is 7.61. The second-order valence-electron chi connectivity index (χ2n) is 7.61. The zero-order valence-corrected chi connectivity index (χ0v) is 16.1. The highest BCUT2D eigenvalue weighted by molar-refractivity contribution is 4.49. The van der Waals surface area contributed by atoms with E-state index in [9.17, 15) is 0 Å². The van der Waals surface area contributed by atoms with Gasteiger partial charge in [0.15, 0.2) is 0 Å². The molecule has 0 rings (SSSR count). The molecule has 1 nitrogen and oxygen atoms in total. The van der Waals surface area contributed by atoms with Gasteiger partial charge >= 0.3 is 0 Å². The maximum absolute atomic E-state index is 2.29. The molecule has 0 aliphatic heterocycles. The van der Waals surface area contributed by atoms with E-state index in [0.717, 1.165) is 4.48 Å². The van der Waals surface area contributed by atoms with Crippen molar-refractivity contribution in [1.82, 2.24) is 0 Å². The van der Waals surface area contributed by atoms with Crippen LogP contribution in [0.25, 0.3) is 0 Å². The molecule has 0 amide bonds. The van der Waals surface area contributed by atoms with Gasteiger partial charge < -0.3 is 11.9 Å². The van der Waals surface area contributed by atoms with E-state index in [1.807, 2.05) is 0 Å². The van der Waals surface area contributed by atoms with Crippen molar-refractivity contribution < 1.29 is 4.48 Å². The van der Waals surface area contributed by atoms with Crippen LogP contribution in [0, 0.1) is 7.43 Å². The topological polar surface area (TPSA) is 0 Å². The summed E-state index contributed by atoms with van der Waals surface area (Å²) in [6.45, 7) is 3.63. The molecule has 130 valence electrons. The second kappa shape index (κ2) is 16.3. The summed E-state index contributed by atoms with van der Waals surface area (Å²) in [5.41, 5.74) is 0. The van der Waals surface area contributed by atoms with Gasteiger partial charge in [-0.25, -0.2) is 0 Å². The van der Waals surface area contributed by atoms with Crippen molar-refractivity contribution in [2.45, 2.75) is 96.8 Å². The first-order valence-electron chi connectivity index (χ1n) is 9.36. The Hall–Kier alpha value is -0.0400. The van der Waals surface area contributed by atoms with Crippen molar-refractivity contribution >= 4 is 0 Å². The Kier molecular flexibility index (Phi) is 18.1. The van der Waals surface area contributed by atoms with Crippen molar-refractivity contribution in [2.24, 2.45) is 0 Å². The average molecular weight is 300 g/mol. The Labute approximate surface area is 137 Å². The van der Waals surface area contributed by atoms with E-state index >= 15 is 0 Å². The minimum absolute atomic E-state index is 0. The zero-order valence-electron chi connectivity index (χ0n) is 16.1. The van der Waals surface area contributed by atoms with Gasteiger partial charge in [0.2, 0.25) is 0 Å². The van der Waals surface area contributed by atoms with Crippen LogP contribution in [0.2, 0.25) is 0 Å². The highest BCUT2D eigenvalue weighted by Gasteiger charge is 2.04. The molecule has 0 aromatic heterocycles. The van der Waals surface area contributed by atoms with Crippen LogP contribution in [0.1, 0.15) is 96.8 Å². The zero-order chi connectivity index (χ0) is 15.1. The van der Waals surface area contributed by atoms with Gasteiger partial charge in [0.1, 0.15) is 0 Å². The quantitative estimate of drug-likeness (QED) is 0.181. The van der Waals surface area contributed by atoms with Gasteiger partial charge in [0.05, 0.1) is 27.7 Å². The largest absolute Gasteiger partial charge is 0.358 e. The molecule has 0 aliphatic rings. The van der Waals surface area contributed by atoms with Gasteiger partial charge in [-0.3, -0.25) is 0 Å². The van der Waals surface area contributed by atoms with Gasteiger partial charge in [-0.05, 0) is 12.8 Å². The fourth-order valence-corrected chi connectivity index (χ4v) is 2.78. The standard InChI is InChI=1S/C19H42N.CH3/c1-5-6-7-8-9-10-11-12-13-14-15-16-17-18-19-20(2,3)4;/h5-19H2,1-4H3;1H3/q+1;-1. The van der Waals surface area contributed by atoms with E-state index in [2.05, 4.69) is 28.1 Å². The Morgan fingerprint density at radius 2 is 0.762 bits per heavy atom. The normalized spacial score (nSPS) is 11.4. The Bertz CT molecular complexity index is 181. The third-order valence-corrected chi connectivity index (χ3v) is 4.18. The molecular weight excluding hydrogens is 254 g/mol. The molecule has 0 atom stereocenters. The lowest BCUT2D eigenvalue weighted by molar-refractivity contribution is -0.870. The fourth-order valence-electron chi connectivity index (χ4n) is 2.78. The highest BCUT2D eigenvalue weighted by Crippen LogP contribution is 2.13. The Morgan fingerprint density at radius 1 is 0.476 bits per heavy atom. The van der Waals surface area contributed by atoms with E-state index in [1.165, 1.54) is 96.4 Å². The summed E-state index contributed by atoms with van der Waals surface area (Å²) in [6, 6.07) is 0. The fraction of sp³-hybridized carbons (Fsp3) is 0.950. The number of rotatable bonds is 15. The summed E-state index contributed by atoms with van der Waals surface area (Å²) in [6.07, 6.45) is 20.4. The predicted octanol–water partition coefficient (Wildman–Crippen LogP) is 6.62. The molecule has 0 aromatic carbocycles. The van der Waals surface area contributed by atoms with E-state index in [1.54, 1.807) is 0 Å². The summed E-state index contributed by atoms with van der Waals surface area (Å²) >= 11 is 0. The number of nitrogens with zero attached hydrogens (tertiary/aromatic N) is 1. The highest BCUT2D eigenvalue weighted by atomic mass is 15.3. The Balaban J connectivity index is 0. The maximum Gasteiger partial charge on any atom is 0.0780 e. The number of hydrogen-bond acceptors (Lipinski definition) is 0. The molecule has 0 bridgehead atoms. The number of unbranched alkanes of at least 4 members (excludes halogenated alkanes) is 13. The lowest BCUT2D eigenvalue weighted by Crippen LogP contribution is -2.35. The third kappa shape index (κ3) is 22.4. The number of quaternary nitrogens is 1. The van der Waals surface area contributed by atoms with Crippen LogP contribution in [0.5, 0.6) is 0 Å². The summed E-state index contributed by atoms with van der Waals surface area (Å²) in [7, 11) is 6.88. The lowest BCUT2D eigenvalue weighted by atomic mass is 10.0. The molecule has 1 heteroatoms. The van der Waals surface area contributed by atoms with E-state index < -0.39 is 0 Å². The molecule has 21 heavy (non-hydrogen) atoms. The molecule has 0 spiro atoms. The monoisotopic (exact) mass is 299 g/mol. The summed E-state index contributed by atoms with van der Waals surface area (Å²) in [5, 5.41) is 0. The third-order valence-electron chi connectivity index (χ3n) is 4.18. The van der Waals surface area contributed by atoms with Gasteiger partial charge in [-0.2, -0.15) is 0 Å². The average Bonchev–Trinajstić information content (AvgIpc) is 2.38. The summed E-state index contributed by atoms with van der Waals surface area (Å²) < 4.78 is 1.12. The van der Waals surface area contributed by atoms with Crippen LogP contribution in [0.4, 0.5) is 0 Å².